The fraction of sp³-hybridized carbons (Fsp3) is 0. The molecule has 0 aliphatic carbocycles. The van der Waals surface area contributed by atoms with Gasteiger partial charge < -0.3 is 5.73 Å². The Morgan fingerprint density at radius 1 is 1.12 bits per heavy atom. The van der Waals surface area contributed by atoms with E-state index in [2.05, 4.69) is 15.9 Å². The van der Waals surface area contributed by atoms with Gasteiger partial charge in [0.25, 0.3) is 0 Å². The predicted octanol–water partition coefficient (Wildman–Crippen LogP) is 3.40. The van der Waals surface area contributed by atoms with Crippen LogP contribution in [0, 0.1) is 5.82 Å². The lowest BCUT2D eigenvalue weighted by molar-refractivity contribution is 0.103. The molecule has 0 bridgehead atoms. The van der Waals surface area contributed by atoms with Gasteiger partial charge >= 0.3 is 0 Å². The lowest BCUT2D eigenvalue weighted by Crippen LogP contribution is -2.03. The minimum Gasteiger partial charge on any atom is -0.399 e. The van der Waals surface area contributed by atoms with E-state index in [0.29, 0.717) is 21.3 Å². The Balaban J connectivity index is 2.43. The number of carbonyl (C=O) groups is 1. The van der Waals surface area contributed by atoms with Gasteiger partial charge in [-0.05, 0) is 42.5 Å². The number of nitrogens with two attached hydrogens (primary N) is 1. The lowest BCUT2D eigenvalue weighted by Gasteiger charge is -2.04. The average Bonchev–Trinajstić information content (AvgIpc) is 2.32. The smallest absolute Gasteiger partial charge is 0.194 e. The first-order chi connectivity index (χ1) is 8.08. The Kier molecular flexibility index (Phi) is 3.24. The Hall–Kier alpha value is -1.68. The molecule has 4 heteroatoms. The van der Waals surface area contributed by atoms with Crippen LogP contribution in [0.1, 0.15) is 15.9 Å². The predicted molar refractivity (Wildman–Crippen MR) is 68.4 cm³/mol. The highest BCUT2D eigenvalue weighted by Gasteiger charge is 2.13. The van der Waals surface area contributed by atoms with Crippen molar-refractivity contribution < 1.29 is 9.18 Å². The zero-order chi connectivity index (χ0) is 12.4. The molecule has 0 unspecified atom stereocenters. The maximum atomic E-state index is 13.1. The van der Waals surface area contributed by atoms with Crippen LogP contribution in [0.5, 0.6) is 0 Å². The second-order valence-electron chi connectivity index (χ2n) is 3.58. The summed E-state index contributed by atoms with van der Waals surface area (Å²) in [5.41, 5.74) is 6.90. The maximum absolute atomic E-state index is 13.1. The van der Waals surface area contributed by atoms with Crippen LogP contribution in [0.15, 0.2) is 46.9 Å². The fourth-order valence-corrected chi connectivity index (χ4v) is 1.89. The number of hydrogen-bond acceptors (Lipinski definition) is 2. The van der Waals surface area contributed by atoms with Crippen LogP contribution < -0.4 is 5.73 Å². The van der Waals surface area contributed by atoms with Gasteiger partial charge in [0.2, 0.25) is 0 Å². The molecule has 0 saturated carbocycles. The van der Waals surface area contributed by atoms with Gasteiger partial charge in [-0.2, -0.15) is 0 Å². The van der Waals surface area contributed by atoms with Crippen molar-refractivity contribution in [2.45, 2.75) is 0 Å². The molecule has 0 aromatic heterocycles. The molecule has 17 heavy (non-hydrogen) atoms. The summed E-state index contributed by atoms with van der Waals surface area (Å²) in [6.07, 6.45) is 0. The minimum absolute atomic E-state index is 0.239. The molecular weight excluding hydrogens is 285 g/mol. The van der Waals surface area contributed by atoms with Crippen LogP contribution >= 0.6 is 15.9 Å². The van der Waals surface area contributed by atoms with Crippen molar-refractivity contribution in [3.05, 3.63) is 63.9 Å². The van der Waals surface area contributed by atoms with E-state index < -0.39 is 5.82 Å². The van der Waals surface area contributed by atoms with Crippen molar-refractivity contribution in [3.63, 3.8) is 0 Å². The first-order valence-electron chi connectivity index (χ1n) is 4.93. The molecule has 2 rings (SSSR count). The zero-order valence-corrected chi connectivity index (χ0v) is 10.4. The van der Waals surface area contributed by atoms with Crippen molar-refractivity contribution in [2.75, 3.05) is 5.73 Å². The van der Waals surface area contributed by atoms with Crippen molar-refractivity contribution in [2.24, 2.45) is 0 Å². The molecule has 0 heterocycles. The number of anilines is 1. The van der Waals surface area contributed by atoms with E-state index >= 15 is 0 Å². The van der Waals surface area contributed by atoms with Gasteiger partial charge in [0.05, 0.1) is 0 Å². The SMILES string of the molecule is Nc1ccc(C(=O)c2cc(F)ccc2Br)cc1. The standard InChI is InChI=1S/C13H9BrFNO/c14-12-6-3-9(15)7-11(12)13(17)8-1-4-10(16)5-2-8/h1-7H,16H2. The summed E-state index contributed by atoms with van der Waals surface area (Å²) in [6, 6.07) is 10.5. The highest BCUT2D eigenvalue weighted by atomic mass is 79.9. The molecule has 0 aliphatic heterocycles. The van der Waals surface area contributed by atoms with E-state index in [-0.39, 0.29) is 5.78 Å². The third-order valence-electron chi connectivity index (χ3n) is 2.35. The van der Waals surface area contributed by atoms with E-state index in [4.69, 9.17) is 5.73 Å². The van der Waals surface area contributed by atoms with Crippen molar-refractivity contribution in [1.29, 1.82) is 0 Å². The Bertz CT molecular complexity index is 566. The largest absolute Gasteiger partial charge is 0.399 e. The molecule has 0 saturated heterocycles. The van der Waals surface area contributed by atoms with Crippen LogP contribution in [0.4, 0.5) is 10.1 Å². The molecule has 2 N–H and O–H groups in total. The summed E-state index contributed by atoms with van der Waals surface area (Å²) < 4.78 is 13.7. The molecule has 2 aromatic carbocycles. The highest BCUT2D eigenvalue weighted by Crippen LogP contribution is 2.21. The number of ketones is 1. The van der Waals surface area contributed by atoms with E-state index in [1.807, 2.05) is 0 Å². The second-order valence-corrected chi connectivity index (χ2v) is 4.43. The summed E-state index contributed by atoms with van der Waals surface area (Å²) in [5, 5.41) is 0. The lowest BCUT2D eigenvalue weighted by atomic mass is 10.0. The summed E-state index contributed by atoms with van der Waals surface area (Å²) in [6.45, 7) is 0. The Morgan fingerprint density at radius 2 is 1.76 bits per heavy atom. The Labute approximate surface area is 106 Å². The van der Waals surface area contributed by atoms with Gasteiger partial charge in [-0.25, -0.2) is 4.39 Å². The van der Waals surface area contributed by atoms with Gasteiger partial charge in [0, 0.05) is 21.3 Å². The maximum Gasteiger partial charge on any atom is 0.194 e. The second kappa shape index (κ2) is 4.67. The van der Waals surface area contributed by atoms with Gasteiger partial charge in [-0.1, -0.05) is 15.9 Å². The molecule has 0 fully saturated rings. The van der Waals surface area contributed by atoms with E-state index in [1.54, 1.807) is 24.3 Å². The molecule has 2 aromatic rings. The van der Waals surface area contributed by atoms with Crippen LogP contribution in [0.3, 0.4) is 0 Å². The number of hydrogen-bond donors (Lipinski definition) is 1. The van der Waals surface area contributed by atoms with Gasteiger partial charge in [-0.15, -0.1) is 0 Å². The summed E-state index contributed by atoms with van der Waals surface area (Å²) in [5.74, 6) is -0.677. The first-order valence-corrected chi connectivity index (χ1v) is 5.72. The minimum atomic E-state index is -0.438. The monoisotopic (exact) mass is 293 g/mol. The molecule has 0 spiro atoms. The van der Waals surface area contributed by atoms with Gasteiger partial charge in [0.15, 0.2) is 5.78 Å². The van der Waals surface area contributed by atoms with Crippen molar-refractivity contribution >= 4 is 27.4 Å². The van der Waals surface area contributed by atoms with Crippen LogP contribution in [-0.4, -0.2) is 5.78 Å². The number of benzene rings is 2. The van der Waals surface area contributed by atoms with Crippen LogP contribution in [-0.2, 0) is 0 Å². The molecule has 0 radical (unpaired) electrons. The molecule has 86 valence electrons. The Morgan fingerprint density at radius 3 is 2.41 bits per heavy atom. The van der Waals surface area contributed by atoms with Crippen LogP contribution in [0.2, 0.25) is 0 Å². The number of rotatable bonds is 2. The molecular formula is C13H9BrFNO. The molecule has 0 amide bonds. The zero-order valence-electron chi connectivity index (χ0n) is 8.78. The normalized spacial score (nSPS) is 10.2. The number of halogens is 2. The summed E-state index contributed by atoms with van der Waals surface area (Å²) >= 11 is 3.23. The molecule has 0 atom stereocenters. The van der Waals surface area contributed by atoms with E-state index in [0.717, 1.165) is 0 Å². The molecule has 2 nitrogen and oxygen atoms in total. The number of carbonyl (C=O) groups excluding carboxylic acids is 1. The molecule has 0 aliphatic rings. The first kappa shape index (κ1) is 11.8. The van der Waals surface area contributed by atoms with Crippen molar-refractivity contribution in [3.8, 4) is 0 Å². The number of nitrogen functional groups attached to an aromatic ring is 1. The van der Waals surface area contributed by atoms with Gasteiger partial charge in [-0.3, -0.25) is 4.79 Å². The van der Waals surface area contributed by atoms with Crippen molar-refractivity contribution in [1.82, 2.24) is 0 Å². The third-order valence-corrected chi connectivity index (χ3v) is 3.04. The van der Waals surface area contributed by atoms with E-state index in [1.165, 1.54) is 18.2 Å². The highest BCUT2D eigenvalue weighted by molar-refractivity contribution is 9.10. The average molecular weight is 294 g/mol. The third kappa shape index (κ3) is 2.53. The summed E-state index contributed by atoms with van der Waals surface area (Å²) in [4.78, 5) is 12.1. The topological polar surface area (TPSA) is 43.1 Å². The van der Waals surface area contributed by atoms with E-state index in [9.17, 15) is 9.18 Å². The van der Waals surface area contributed by atoms with Crippen LogP contribution in [0.25, 0.3) is 0 Å². The fourth-order valence-electron chi connectivity index (χ4n) is 1.46. The van der Waals surface area contributed by atoms with Gasteiger partial charge in [0.1, 0.15) is 5.82 Å². The summed E-state index contributed by atoms with van der Waals surface area (Å²) in [7, 11) is 0. The quantitative estimate of drug-likeness (QED) is 0.681.